The number of nitrogens with one attached hydrogen (secondary N) is 3. The Kier molecular flexibility index (Phi) is 17.0. The summed E-state index contributed by atoms with van der Waals surface area (Å²) in [6.45, 7) is 7.33. The fraction of sp³-hybridized carbons (Fsp3) is 0.593. The summed E-state index contributed by atoms with van der Waals surface area (Å²) in [5.41, 5.74) is 0.646. The molecule has 0 radical (unpaired) electrons. The molecule has 2 rings (SSSR count). The van der Waals surface area contributed by atoms with Crippen LogP contribution >= 0.6 is 0 Å². The number of carbonyl (C=O) groups is 5. The second-order valence-electron chi connectivity index (χ2n) is 9.59. The fourth-order valence-electron chi connectivity index (χ4n) is 3.27. The van der Waals surface area contributed by atoms with Crippen LogP contribution in [-0.4, -0.2) is 87.0 Å². The molecule has 1 aromatic carbocycles. The van der Waals surface area contributed by atoms with Crippen molar-refractivity contribution >= 4 is 30.2 Å². The number of hydrogen-bond donors (Lipinski definition) is 3. The molecule has 3 N–H and O–H groups in total. The number of amides is 3. The molecule has 214 valence electrons. The van der Waals surface area contributed by atoms with E-state index in [-0.39, 0.29) is 19.4 Å². The van der Waals surface area contributed by atoms with Crippen molar-refractivity contribution in [3.63, 3.8) is 0 Å². The van der Waals surface area contributed by atoms with Crippen LogP contribution in [0.2, 0.25) is 0 Å². The van der Waals surface area contributed by atoms with Crippen molar-refractivity contribution in [3.8, 4) is 0 Å². The predicted molar refractivity (Wildman–Crippen MR) is 144 cm³/mol. The van der Waals surface area contributed by atoms with Crippen molar-refractivity contribution in [2.24, 2.45) is 0 Å². The lowest BCUT2D eigenvalue weighted by Gasteiger charge is -2.28. The van der Waals surface area contributed by atoms with E-state index in [9.17, 15) is 24.0 Å². The molecule has 0 saturated carbocycles. The van der Waals surface area contributed by atoms with Crippen LogP contribution in [0.1, 0.15) is 52.0 Å². The molecule has 11 nitrogen and oxygen atoms in total. The van der Waals surface area contributed by atoms with Gasteiger partial charge in [0.2, 0.25) is 11.8 Å². The van der Waals surface area contributed by atoms with E-state index in [1.54, 1.807) is 20.8 Å². The van der Waals surface area contributed by atoms with Crippen molar-refractivity contribution in [3.05, 3.63) is 35.9 Å². The minimum atomic E-state index is -0.968. The molecule has 1 aliphatic rings. The normalized spacial score (nSPS) is 14.9. The van der Waals surface area contributed by atoms with Gasteiger partial charge < -0.3 is 30.2 Å². The van der Waals surface area contributed by atoms with Gasteiger partial charge in [0.25, 0.3) is 0 Å². The summed E-state index contributed by atoms with van der Waals surface area (Å²) in [5, 5.41) is 7.64. The summed E-state index contributed by atoms with van der Waals surface area (Å²) >= 11 is 0. The number of likely N-dealkylation sites (tertiary alicyclic amines) is 1. The van der Waals surface area contributed by atoms with Gasteiger partial charge in [0.15, 0.2) is 0 Å². The van der Waals surface area contributed by atoms with Crippen LogP contribution in [0.25, 0.3) is 0 Å². The highest BCUT2D eigenvalue weighted by atomic mass is 16.6. The van der Waals surface area contributed by atoms with Crippen molar-refractivity contribution in [1.82, 2.24) is 20.9 Å². The highest BCUT2D eigenvalue weighted by molar-refractivity contribution is 5.91. The molecular weight excluding hydrogens is 492 g/mol. The van der Waals surface area contributed by atoms with E-state index in [1.165, 1.54) is 17.6 Å². The first-order valence-electron chi connectivity index (χ1n) is 12.6. The van der Waals surface area contributed by atoms with E-state index in [1.807, 2.05) is 32.3 Å². The number of benzene rings is 1. The lowest BCUT2D eigenvalue weighted by Crippen LogP contribution is -2.51. The van der Waals surface area contributed by atoms with E-state index >= 15 is 0 Å². The largest absolute Gasteiger partial charge is 0.467 e. The van der Waals surface area contributed by atoms with Gasteiger partial charge in [-0.25, -0.2) is 9.59 Å². The molecule has 1 aliphatic heterocycles. The molecule has 1 heterocycles. The molecule has 1 aromatic rings. The van der Waals surface area contributed by atoms with E-state index in [4.69, 9.17) is 4.74 Å². The fourth-order valence-corrected chi connectivity index (χ4v) is 3.27. The van der Waals surface area contributed by atoms with E-state index in [2.05, 4.69) is 39.7 Å². The summed E-state index contributed by atoms with van der Waals surface area (Å²) in [5.74, 6) is -1.74. The average molecular weight is 537 g/mol. The monoisotopic (exact) mass is 536 g/mol. The van der Waals surface area contributed by atoms with Gasteiger partial charge in [-0.3, -0.25) is 14.5 Å². The molecule has 1 fully saturated rings. The van der Waals surface area contributed by atoms with E-state index < -0.39 is 41.6 Å². The number of methoxy groups -OCH3 is 1. The number of ether oxygens (including phenoxy) is 2. The summed E-state index contributed by atoms with van der Waals surface area (Å²) in [4.78, 5) is 60.1. The van der Waals surface area contributed by atoms with Crippen LogP contribution in [0.3, 0.4) is 0 Å². The Morgan fingerprint density at radius 1 is 1.13 bits per heavy atom. The van der Waals surface area contributed by atoms with Crippen molar-refractivity contribution < 1.29 is 33.4 Å². The van der Waals surface area contributed by atoms with Crippen molar-refractivity contribution in [2.75, 3.05) is 34.3 Å². The number of aldehydes is 1. The van der Waals surface area contributed by atoms with E-state index in [0.717, 1.165) is 0 Å². The molecule has 0 aliphatic carbocycles. The molecule has 0 aromatic heterocycles. The number of nitrogens with zero attached hydrogens (tertiary/aromatic N) is 1. The van der Waals surface area contributed by atoms with Crippen molar-refractivity contribution in [1.29, 1.82) is 0 Å². The van der Waals surface area contributed by atoms with Gasteiger partial charge in [-0.05, 0) is 61.1 Å². The Labute approximate surface area is 226 Å². The first-order valence-corrected chi connectivity index (χ1v) is 12.6. The molecule has 0 bridgehead atoms. The lowest BCUT2D eigenvalue weighted by molar-refractivity contribution is -0.145. The molecular formula is C27H44N4O7. The summed E-state index contributed by atoms with van der Waals surface area (Å²) in [7, 11) is 4.93. The Morgan fingerprint density at radius 3 is 2.21 bits per heavy atom. The first-order chi connectivity index (χ1) is 17.9. The zero-order valence-corrected chi connectivity index (χ0v) is 23.7. The average Bonchev–Trinajstić information content (AvgIpc) is 3.35. The lowest BCUT2D eigenvalue weighted by atomic mass is 10.1. The maximum Gasteiger partial charge on any atom is 0.410 e. The maximum atomic E-state index is 12.4. The number of aryl methyl sites for hydroxylation is 1. The third-order valence-electron chi connectivity index (χ3n) is 4.94. The molecule has 1 saturated heterocycles. The van der Waals surface area contributed by atoms with Gasteiger partial charge in [0, 0.05) is 13.0 Å². The van der Waals surface area contributed by atoms with Crippen LogP contribution in [0, 0.1) is 6.92 Å². The molecule has 11 heteroatoms. The number of rotatable bonds is 8. The van der Waals surface area contributed by atoms with Crippen LogP contribution in [-0.2, 0) is 28.7 Å². The SMILES string of the molecule is CNC.COC(=O)C(CCC=O)NC(=O)CNC(=O)C1CCCN1C(=O)OC(C)(C)C.Cc1ccccc1. The number of hydrogen-bond acceptors (Lipinski definition) is 8. The third-order valence-corrected chi connectivity index (χ3v) is 4.94. The Hall–Kier alpha value is -3.47. The minimum Gasteiger partial charge on any atom is -0.467 e. The highest BCUT2D eigenvalue weighted by Gasteiger charge is 2.36. The summed E-state index contributed by atoms with van der Waals surface area (Å²) in [6.07, 6.45) is 1.37. The minimum absolute atomic E-state index is 0.0827. The van der Waals surface area contributed by atoms with Gasteiger partial charge in [-0.15, -0.1) is 0 Å². The zero-order chi connectivity index (χ0) is 29.1. The van der Waals surface area contributed by atoms with Gasteiger partial charge in [-0.2, -0.15) is 0 Å². The van der Waals surface area contributed by atoms with Crippen LogP contribution < -0.4 is 16.0 Å². The Bertz CT molecular complexity index is 872. The second kappa shape index (κ2) is 18.7. The quantitative estimate of drug-likeness (QED) is 0.338. The molecule has 38 heavy (non-hydrogen) atoms. The highest BCUT2D eigenvalue weighted by Crippen LogP contribution is 2.20. The third kappa shape index (κ3) is 14.9. The standard InChI is InChI=1S/C18H29N3O7.C7H8.C2H7N/c1-18(2,3)28-17(26)21-9-5-8-13(21)15(24)19-11-14(23)20-12(7-6-10-22)16(25)27-4;1-7-5-3-2-4-6-7;1-3-2/h10,12-13H,5-9,11H2,1-4H3,(H,19,24)(H,20,23);2-6H,1H3;3H,1-2H3. The number of carbonyl (C=O) groups excluding carboxylic acids is 5. The summed E-state index contributed by atoms with van der Waals surface area (Å²) < 4.78 is 9.89. The molecule has 2 unspecified atom stereocenters. The molecule has 3 amide bonds. The molecule has 2 atom stereocenters. The molecule has 0 spiro atoms. The van der Waals surface area contributed by atoms with Crippen LogP contribution in [0.5, 0.6) is 0 Å². The van der Waals surface area contributed by atoms with Gasteiger partial charge >= 0.3 is 12.1 Å². The van der Waals surface area contributed by atoms with Gasteiger partial charge in [0.1, 0.15) is 24.0 Å². The van der Waals surface area contributed by atoms with Crippen LogP contribution in [0.4, 0.5) is 4.79 Å². The first kappa shape index (κ1) is 34.5. The predicted octanol–water partition coefficient (Wildman–Crippen LogP) is 1.97. The second-order valence-corrected chi connectivity index (χ2v) is 9.59. The van der Waals surface area contributed by atoms with Crippen molar-refractivity contribution in [2.45, 2.75) is 71.1 Å². The van der Waals surface area contributed by atoms with E-state index in [0.29, 0.717) is 25.7 Å². The topological polar surface area (TPSA) is 143 Å². The van der Waals surface area contributed by atoms with Gasteiger partial charge in [-0.1, -0.05) is 35.9 Å². The summed E-state index contributed by atoms with van der Waals surface area (Å²) in [6, 6.07) is 8.58. The smallest absolute Gasteiger partial charge is 0.410 e. The Morgan fingerprint density at radius 2 is 1.74 bits per heavy atom. The maximum absolute atomic E-state index is 12.4. The Balaban J connectivity index is 0.00000114. The van der Waals surface area contributed by atoms with Gasteiger partial charge in [0.05, 0.1) is 13.7 Å². The zero-order valence-electron chi connectivity index (χ0n) is 23.7. The number of esters is 1. The van der Waals surface area contributed by atoms with Crippen LogP contribution in [0.15, 0.2) is 30.3 Å².